The van der Waals surface area contributed by atoms with Crippen molar-refractivity contribution in [2.45, 2.75) is 81.5 Å². The Morgan fingerprint density at radius 2 is 1.64 bits per heavy atom. The lowest BCUT2D eigenvalue weighted by Crippen LogP contribution is -2.56. The van der Waals surface area contributed by atoms with Crippen LogP contribution in [0.25, 0.3) is 0 Å². The number of hydrogen-bond acceptors (Lipinski definition) is 7. The molecule has 0 aliphatic carbocycles. The zero-order valence-electron chi connectivity index (χ0n) is 25.5. The molecule has 2 atom stereocenters. The third-order valence-corrected chi connectivity index (χ3v) is 10.5. The minimum atomic E-state index is -4.36. The molecule has 240 valence electrons. The summed E-state index contributed by atoms with van der Waals surface area (Å²) < 4.78 is 47.3. The van der Waals surface area contributed by atoms with Crippen molar-refractivity contribution in [1.82, 2.24) is 14.9 Å². The van der Waals surface area contributed by atoms with E-state index >= 15 is 0 Å². The van der Waals surface area contributed by atoms with E-state index in [2.05, 4.69) is 10.0 Å². The van der Waals surface area contributed by atoms with Gasteiger partial charge in [0.2, 0.25) is 21.8 Å². The number of sulfonamides is 1. The molecule has 0 spiro atoms. The van der Waals surface area contributed by atoms with Crippen LogP contribution in [0.2, 0.25) is 10.0 Å². The van der Waals surface area contributed by atoms with Gasteiger partial charge in [0.05, 0.1) is 41.8 Å². The molecule has 0 aromatic heterocycles. The van der Waals surface area contributed by atoms with Crippen LogP contribution in [-0.4, -0.2) is 81.7 Å². The average molecular weight is 668 g/mol. The number of hydrogen-bond donors (Lipinski definition) is 2. The summed E-state index contributed by atoms with van der Waals surface area (Å²) in [5.41, 5.74) is -0.167. The standard InChI is InChI=1S/C30H40BCl2N3O7S/c1-29(2)30(3,4)43-31(42-29)26(12-8-11-21-9-6-5-7-10-21)34-28(38)24(20-27(37)36-15-17-41-18-16-36)35-44(39,40)25-19-22(32)13-14-23(25)33/h5-7,9-10,13-14,19,24,26,35H,8,11-12,15-18,20H2,1-4H3,(H,34,38). The first-order valence-corrected chi connectivity index (χ1v) is 17.0. The van der Waals surface area contributed by atoms with Crippen LogP contribution >= 0.6 is 23.2 Å². The van der Waals surface area contributed by atoms with E-state index in [1.807, 2.05) is 58.0 Å². The molecule has 14 heteroatoms. The summed E-state index contributed by atoms with van der Waals surface area (Å²) in [5, 5.41) is 3.04. The average Bonchev–Trinajstić information content (AvgIpc) is 3.20. The summed E-state index contributed by atoms with van der Waals surface area (Å²) in [4.78, 5) is 28.5. The van der Waals surface area contributed by atoms with Crippen molar-refractivity contribution in [2.24, 2.45) is 0 Å². The molecule has 44 heavy (non-hydrogen) atoms. The minimum Gasteiger partial charge on any atom is -0.402 e. The van der Waals surface area contributed by atoms with E-state index in [4.69, 9.17) is 37.2 Å². The van der Waals surface area contributed by atoms with Gasteiger partial charge in [-0.15, -0.1) is 0 Å². The second-order valence-corrected chi connectivity index (χ2v) is 14.6. The zero-order chi connectivity index (χ0) is 32.1. The maximum absolute atomic E-state index is 13.9. The van der Waals surface area contributed by atoms with Crippen LogP contribution in [0.4, 0.5) is 0 Å². The lowest BCUT2D eigenvalue weighted by molar-refractivity contribution is -0.138. The fourth-order valence-corrected chi connectivity index (χ4v) is 6.98. The fraction of sp³-hybridized carbons (Fsp3) is 0.533. The van der Waals surface area contributed by atoms with E-state index in [1.165, 1.54) is 18.2 Å². The molecular formula is C30H40BCl2N3O7S. The van der Waals surface area contributed by atoms with Crippen molar-refractivity contribution in [3.63, 3.8) is 0 Å². The molecule has 10 nitrogen and oxygen atoms in total. The van der Waals surface area contributed by atoms with E-state index in [-0.39, 0.29) is 20.8 Å². The third kappa shape index (κ3) is 8.75. The Hall–Kier alpha value is -2.19. The van der Waals surface area contributed by atoms with Crippen molar-refractivity contribution in [1.29, 1.82) is 0 Å². The van der Waals surface area contributed by atoms with Gasteiger partial charge in [-0.05, 0) is 70.7 Å². The highest BCUT2D eigenvalue weighted by atomic mass is 35.5. The summed E-state index contributed by atoms with van der Waals surface area (Å²) in [6.45, 7) is 9.08. The number of rotatable bonds is 12. The van der Waals surface area contributed by atoms with Gasteiger partial charge in [0.1, 0.15) is 10.9 Å². The van der Waals surface area contributed by atoms with Crippen molar-refractivity contribution in [3.8, 4) is 0 Å². The van der Waals surface area contributed by atoms with E-state index in [9.17, 15) is 18.0 Å². The Labute approximate surface area is 270 Å². The van der Waals surface area contributed by atoms with Gasteiger partial charge < -0.3 is 24.3 Å². The van der Waals surface area contributed by atoms with Gasteiger partial charge in [0.25, 0.3) is 0 Å². The van der Waals surface area contributed by atoms with Gasteiger partial charge in [-0.1, -0.05) is 53.5 Å². The Bertz CT molecular complexity index is 1410. The minimum absolute atomic E-state index is 0.0726. The molecule has 4 rings (SSSR count). The number of morpholine rings is 1. The van der Waals surface area contributed by atoms with Crippen LogP contribution in [0, 0.1) is 0 Å². The molecule has 2 unspecified atom stereocenters. The van der Waals surface area contributed by atoms with Crippen LogP contribution in [0.15, 0.2) is 53.4 Å². The van der Waals surface area contributed by atoms with Gasteiger partial charge in [-0.3, -0.25) is 9.59 Å². The van der Waals surface area contributed by atoms with Gasteiger partial charge in [0.15, 0.2) is 0 Å². The fourth-order valence-electron chi connectivity index (χ4n) is 5.02. The number of benzene rings is 2. The van der Waals surface area contributed by atoms with Gasteiger partial charge in [-0.25, -0.2) is 8.42 Å². The van der Waals surface area contributed by atoms with Gasteiger partial charge >= 0.3 is 7.12 Å². The Balaban J connectivity index is 1.58. The number of aryl methyl sites for hydroxylation is 1. The number of ether oxygens (including phenoxy) is 1. The molecule has 2 aromatic rings. The number of carbonyl (C=O) groups is 2. The molecule has 2 aliphatic heterocycles. The normalized spacial score (nSPS) is 19.4. The maximum Gasteiger partial charge on any atom is 0.481 e. The Morgan fingerprint density at radius 1 is 1.00 bits per heavy atom. The largest absolute Gasteiger partial charge is 0.481 e. The second kappa shape index (κ2) is 14.5. The Morgan fingerprint density at radius 3 is 2.27 bits per heavy atom. The third-order valence-electron chi connectivity index (χ3n) is 8.29. The van der Waals surface area contributed by atoms with E-state index in [1.54, 1.807) is 4.90 Å². The predicted molar refractivity (Wildman–Crippen MR) is 170 cm³/mol. The first-order valence-electron chi connectivity index (χ1n) is 14.7. The maximum atomic E-state index is 13.9. The number of nitrogens with zero attached hydrogens (tertiary/aromatic N) is 1. The lowest BCUT2D eigenvalue weighted by Gasteiger charge is -2.32. The van der Waals surface area contributed by atoms with Crippen molar-refractivity contribution in [2.75, 3.05) is 26.3 Å². The molecule has 2 N–H and O–H groups in total. The highest BCUT2D eigenvalue weighted by molar-refractivity contribution is 7.89. The molecule has 2 fully saturated rings. The van der Waals surface area contributed by atoms with E-state index < -0.39 is 52.7 Å². The summed E-state index contributed by atoms with van der Waals surface area (Å²) in [6.07, 6.45) is 1.52. The highest BCUT2D eigenvalue weighted by Crippen LogP contribution is 2.38. The summed E-state index contributed by atoms with van der Waals surface area (Å²) in [7, 11) is -5.16. The molecule has 2 aromatic carbocycles. The van der Waals surface area contributed by atoms with Gasteiger partial charge in [0, 0.05) is 18.1 Å². The SMILES string of the molecule is CC1(C)OB(C(CCCc2ccccc2)NC(=O)C(CC(=O)N2CCOCC2)NS(=O)(=O)c2cc(Cl)ccc2Cl)OC1(C)C. The van der Waals surface area contributed by atoms with Crippen LogP contribution in [0.1, 0.15) is 52.5 Å². The molecule has 0 saturated carbocycles. The number of carbonyl (C=O) groups excluding carboxylic acids is 2. The quantitative estimate of drug-likeness (QED) is 0.328. The molecule has 2 amide bonds. The molecule has 0 bridgehead atoms. The Kier molecular flexibility index (Phi) is 11.4. The second-order valence-electron chi connectivity index (χ2n) is 12.1. The smallest absolute Gasteiger partial charge is 0.402 e. The summed E-state index contributed by atoms with van der Waals surface area (Å²) in [5.74, 6) is -1.70. The first kappa shape index (κ1) is 34.7. The molecule has 0 radical (unpaired) electrons. The number of amides is 2. The van der Waals surface area contributed by atoms with Crippen molar-refractivity contribution in [3.05, 3.63) is 64.1 Å². The van der Waals surface area contributed by atoms with Crippen LogP contribution < -0.4 is 10.0 Å². The topological polar surface area (TPSA) is 123 Å². The molecule has 2 heterocycles. The summed E-state index contributed by atoms with van der Waals surface area (Å²) in [6, 6.07) is 12.5. The molecular weight excluding hydrogens is 628 g/mol. The lowest BCUT2D eigenvalue weighted by atomic mass is 9.75. The van der Waals surface area contributed by atoms with E-state index in [0.717, 1.165) is 12.0 Å². The first-order chi connectivity index (χ1) is 20.7. The van der Waals surface area contributed by atoms with E-state index in [0.29, 0.717) is 39.1 Å². The monoisotopic (exact) mass is 667 g/mol. The van der Waals surface area contributed by atoms with Crippen LogP contribution in [0.5, 0.6) is 0 Å². The number of nitrogens with one attached hydrogen (secondary N) is 2. The van der Waals surface area contributed by atoms with Crippen molar-refractivity contribution >= 4 is 52.2 Å². The predicted octanol–water partition coefficient (Wildman–Crippen LogP) is 4.03. The van der Waals surface area contributed by atoms with Crippen LogP contribution in [-0.2, 0) is 40.1 Å². The molecule has 2 aliphatic rings. The van der Waals surface area contributed by atoms with Gasteiger partial charge in [-0.2, -0.15) is 4.72 Å². The summed E-state index contributed by atoms with van der Waals surface area (Å²) >= 11 is 12.3. The highest BCUT2D eigenvalue weighted by Gasteiger charge is 2.54. The zero-order valence-corrected chi connectivity index (χ0v) is 27.8. The van der Waals surface area contributed by atoms with Crippen LogP contribution in [0.3, 0.4) is 0 Å². The number of halogens is 2. The van der Waals surface area contributed by atoms with Crippen molar-refractivity contribution < 1.29 is 32.1 Å². The molecule has 2 saturated heterocycles.